The minimum absolute atomic E-state index is 0.518. The molecule has 14 heavy (non-hydrogen) atoms. The summed E-state index contributed by atoms with van der Waals surface area (Å²) >= 11 is 0. The highest BCUT2D eigenvalue weighted by Crippen LogP contribution is 2.32. The van der Waals surface area contributed by atoms with Crippen LogP contribution in [0.15, 0.2) is 0 Å². The molecule has 0 heterocycles. The maximum Gasteiger partial charge on any atom is 0.0957 e. The summed E-state index contributed by atoms with van der Waals surface area (Å²) in [5.41, 5.74) is 0.518. The smallest absolute Gasteiger partial charge is 0.0957 e. The molecule has 0 aliphatic heterocycles. The predicted octanol–water partition coefficient (Wildman–Crippen LogP) is 3.59. The molecule has 0 bridgehead atoms. The van der Waals surface area contributed by atoms with Gasteiger partial charge in [-0.05, 0) is 19.8 Å². The number of rotatable bonds is 1. The van der Waals surface area contributed by atoms with Crippen LogP contribution in [0.4, 0.5) is 0 Å². The predicted molar refractivity (Wildman–Crippen MR) is 63.4 cm³/mol. The molecule has 1 fully saturated rings. The Hall–Kier alpha value is -0.0400. The quantitative estimate of drug-likeness (QED) is 0.565. The molecule has 0 radical (unpaired) electrons. The molecule has 1 rings (SSSR count). The van der Waals surface area contributed by atoms with Crippen molar-refractivity contribution in [2.45, 2.75) is 63.8 Å². The van der Waals surface area contributed by atoms with Crippen molar-refractivity contribution in [1.82, 2.24) is 0 Å². The summed E-state index contributed by atoms with van der Waals surface area (Å²) in [6, 6.07) is 0. The summed E-state index contributed by atoms with van der Waals surface area (Å²) in [6.07, 6.45) is 11.5. The van der Waals surface area contributed by atoms with Crippen LogP contribution in [0.1, 0.15) is 58.3 Å². The largest absolute Gasteiger partial charge is 0.326 e. The van der Waals surface area contributed by atoms with Crippen molar-refractivity contribution in [3.63, 3.8) is 0 Å². The van der Waals surface area contributed by atoms with Crippen LogP contribution in [0.2, 0.25) is 0 Å². The van der Waals surface area contributed by atoms with Gasteiger partial charge in [0.1, 0.15) is 0 Å². The first kappa shape index (κ1) is 12.0. The lowest BCUT2D eigenvalue weighted by Gasteiger charge is -2.44. The Kier molecular flexibility index (Phi) is 4.00. The fourth-order valence-corrected chi connectivity index (χ4v) is 2.51. The molecule has 0 N–H and O–H groups in total. The van der Waals surface area contributed by atoms with E-state index in [4.69, 9.17) is 0 Å². The van der Waals surface area contributed by atoms with Gasteiger partial charge in [0.25, 0.3) is 0 Å². The van der Waals surface area contributed by atoms with Gasteiger partial charge >= 0.3 is 0 Å². The first-order valence-electron chi connectivity index (χ1n) is 6.27. The van der Waals surface area contributed by atoms with E-state index in [1.807, 2.05) is 0 Å². The summed E-state index contributed by atoms with van der Waals surface area (Å²) in [7, 11) is 7.08. The van der Waals surface area contributed by atoms with Crippen molar-refractivity contribution in [2.24, 2.45) is 0 Å². The van der Waals surface area contributed by atoms with Crippen LogP contribution < -0.4 is 0 Å². The van der Waals surface area contributed by atoms with Crippen molar-refractivity contribution in [2.75, 3.05) is 21.1 Å². The maximum absolute atomic E-state index is 2.48. The van der Waals surface area contributed by atoms with E-state index >= 15 is 0 Å². The van der Waals surface area contributed by atoms with Crippen LogP contribution in [-0.4, -0.2) is 31.2 Å². The third-order valence-corrected chi connectivity index (χ3v) is 4.30. The lowest BCUT2D eigenvalue weighted by molar-refractivity contribution is -0.923. The van der Waals surface area contributed by atoms with E-state index in [-0.39, 0.29) is 0 Å². The molecule has 1 aliphatic rings. The second-order valence-electron chi connectivity index (χ2n) is 6.13. The molecule has 1 nitrogen and oxygen atoms in total. The average Bonchev–Trinajstić information content (AvgIpc) is 2.16. The molecule has 0 unspecified atom stereocenters. The summed E-state index contributed by atoms with van der Waals surface area (Å²) in [5.74, 6) is 0. The molecule has 84 valence electrons. The second kappa shape index (κ2) is 4.65. The van der Waals surface area contributed by atoms with Crippen LogP contribution in [0.3, 0.4) is 0 Å². The van der Waals surface area contributed by atoms with Crippen molar-refractivity contribution in [1.29, 1.82) is 0 Å². The lowest BCUT2D eigenvalue weighted by Crippen LogP contribution is -2.54. The van der Waals surface area contributed by atoms with E-state index < -0.39 is 0 Å². The van der Waals surface area contributed by atoms with Gasteiger partial charge in [0.2, 0.25) is 0 Å². The Morgan fingerprint density at radius 1 is 0.714 bits per heavy atom. The number of hydrogen-bond acceptors (Lipinski definition) is 0. The monoisotopic (exact) mass is 198 g/mol. The SMILES string of the molecule is CC1([N+](C)(C)C)CCCCCCCC1. The number of nitrogens with zero attached hydrogens (tertiary/aromatic N) is 1. The van der Waals surface area contributed by atoms with E-state index in [1.54, 1.807) is 0 Å². The highest BCUT2D eigenvalue weighted by atomic mass is 15.3. The van der Waals surface area contributed by atoms with Crippen molar-refractivity contribution < 1.29 is 4.48 Å². The molecule has 1 aliphatic carbocycles. The Morgan fingerprint density at radius 2 is 1.07 bits per heavy atom. The fourth-order valence-electron chi connectivity index (χ4n) is 2.51. The second-order valence-corrected chi connectivity index (χ2v) is 6.13. The molecular weight excluding hydrogens is 170 g/mol. The summed E-state index contributed by atoms with van der Waals surface area (Å²) in [5, 5.41) is 0. The van der Waals surface area contributed by atoms with Crippen molar-refractivity contribution in [3.05, 3.63) is 0 Å². The van der Waals surface area contributed by atoms with Crippen LogP contribution in [0.5, 0.6) is 0 Å². The van der Waals surface area contributed by atoms with Gasteiger partial charge in [-0.15, -0.1) is 0 Å². The van der Waals surface area contributed by atoms with E-state index in [0.29, 0.717) is 5.54 Å². The van der Waals surface area contributed by atoms with Crippen LogP contribution in [0, 0.1) is 0 Å². The molecule has 1 saturated carbocycles. The van der Waals surface area contributed by atoms with E-state index in [9.17, 15) is 0 Å². The zero-order chi connectivity index (χ0) is 10.7. The summed E-state index contributed by atoms with van der Waals surface area (Å²) in [6.45, 7) is 2.48. The van der Waals surface area contributed by atoms with E-state index in [2.05, 4.69) is 28.1 Å². The molecule has 0 aromatic heterocycles. The highest BCUT2D eigenvalue weighted by Gasteiger charge is 2.36. The van der Waals surface area contributed by atoms with Gasteiger partial charge in [-0.3, -0.25) is 0 Å². The Morgan fingerprint density at radius 3 is 1.43 bits per heavy atom. The van der Waals surface area contributed by atoms with Gasteiger partial charge in [-0.2, -0.15) is 0 Å². The van der Waals surface area contributed by atoms with Crippen LogP contribution >= 0.6 is 0 Å². The third kappa shape index (κ3) is 2.98. The molecule has 0 amide bonds. The van der Waals surface area contributed by atoms with Crippen molar-refractivity contribution in [3.8, 4) is 0 Å². The highest BCUT2D eigenvalue weighted by molar-refractivity contribution is 4.76. The summed E-state index contributed by atoms with van der Waals surface area (Å²) in [4.78, 5) is 0. The van der Waals surface area contributed by atoms with Crippen molar-refractivity contribution >= 4 is 0 Å². The van der Waals surface area contributed by atoms with Gasteiger partial charge in [0.05, 0.1) is 26.7 Å². The zero-order valence-corrected chi connectivity index (χ0v) is 10.6. The molecule has 0 aromatic rings. The molecule has 0 spiro atoms. The first-order valence-corrected chi connectivity index (χ1v) is 6.27. The minimum atomic E-state index is 0.518. The molecule has 0 atom stereocenters. The Labute approximate surface area is 90.1 Å². The minimum Gasteiger partial charge on any atom is -0.326 e. The molecular formula is C13H28N+. The standard InChI is InChI=1S/C13H28N/c1-13(14(2,3)4)11-9-7-5-6-8-10-12-13/h5-12H2,1-4H3/q+1. The number of hydrogen-bond donors (Lipinski definition) is 0. The van der Waals surface area contributed by atoms with E-state index in [1.165, 1.54) is 51.4 Å². The zero-order valence-electron chi connectivity index (χ0n) is 10.6. The molecule has 0 aromatic carbocycles. The van der Waals surface area contributed by atoms with Gasteiger partial charge in [-0.1, -0.05) is 25.7 Å². The fraction of sp³-hybridized carbons (Fsp3) is 1.00. The summed E-state index contributed by atoms with van der Waals surface area (Å²) < 4.78 is 1.13. The first-order chi connectivity index (χ1) is 6.46. The van der Waals surface area contributed by atoms with Crippen LogP contribution in [0.25, 0.3) is 0 Å². The lowest BCUT2D eigenvalue weighted by atomic mass is 9.87. The Balaban J connectivity index is 2.62. The normalized spacial score (nSPS) is 24.9. The van der Waals surface area contributed by atoms with Gasteiger partial charge in [-0.25, -0.2) is 0 Å². The molecule has 0 saturated heterocycles. The third-order valence-electron chi connectivity index (χ3n) is 4.30. The van der Waals surface area contributed by atoms with Gasteiger partial charge in [0, 0.05) is 12.8 Å². The van der Waals surface area contributed by atoms with Gasteiger partial charge in [0.15, 0.2) is 0 Å². The molecule has 1 heteroatoms. The Bertz CT molecular complexity index is 157. The van der Waals surface area contributed by atoms with E-state index in [0.717, 1.165) is 4.48 Å². The topological polar surface area (TPSA) is 0 Å². The average molecular weight is 198 g/mol. The van der Waals surface area contributed by atoms with Crippen LogP contribution in [-0.2, 0) is 0 Å². The van der Waals surface area contributed by atoms with Gasteiger partial charge < -0.3 is 4.48 Å². The maximum atomic E-state index is 2.48. The number of quaternary nitrogens is 1.